The molecule has 0 aromatic heterocycles. The molecule has 1 aromatic rings. The summed E-state index contributed by atoms with van der Waals surface area (Å²) in [4.78, 5) is 2.01. The van der Waals surface area contributed by atoms with Crippen LogP contribution in [0.1, 0.15) is 18.9 Å². The lowest BCUT2D eigenvalue weighted by Crippen LogP contribution is -2.36. The maximum Gasteiger partial charge on any atom is 0.102 e. The van der Waals surface area contributed by atoms with Gasteiger partial charge in [0.05, 0.1) is 0 Å². The fourth-order valence-electron chi connectivity index (χ4n) is 1.68. The van der Waals surface area contributed by atoms with Gasteiger partial charge in [-0.1, -0.05) is 37.3 Å². The summed E-state index contributed by atoms with van der Waals surface area (Å²) in [5, 5.41) is 10.4. The molecule has 14 heavy (non-hydrogen) atoms. The van der Waals surface area contributed by atoms with E-state index in [1.807, 2.05) is 56.3 Å². The van der Waals surface area contributed by atoms with E-state index in [2.05, 4.69) is 0 Å². The van der Waals surface area contributed by atoms with Crippen molar-refractivity contribution in [1.82, 2.24) is 4.90 Å². The SMILES string of the molecule is CC[C@](O)(CN(C)C)c1ccccc1. The van der Waals surface area contributed by atoms with E-state index >= 15 is 0 Å². The van der Waals surface area contributed by atoms with Crippen molar-refractivity contribution in [3.8, 4) is 0 Å². The third-order valence-corrected chi connectivity index (χ3v) is 2.47. The summed E-state index contributed by atoms with van der Waals surface area (Å²) in [6.45, 7) is 2.67. The van der Waals surface area contributed by atoms with Crippen molar-refractivity contribution in [1.29, 1.82) is 0 Å². The van der Waals surface area contributed by atoms with E-state index in [-0.39, 0.29) is 0 Å². The molecule has 1 N–H and O–H groups in total. The predicted octanol–water partition coefficient (Wildman–Crippen LogP) is 1.85. The third-order valence-electron chi connectivity index (χ3n) is 2.47. The Bertz CT molecular complexity index is 271. The Morgan fingerprint density at radius 3 is 2.21 bits per heavy atom. The molecule has 0 unspecified atom stereocenters. The van der Waals surface area contributed by atoms with Crippen LogP contribution >= 0.6 is 0 Å². The van der Waals surface area contributed by atoms with Gasteiger partial charge in [-0.3, -0.25) is 0 Å². The first-order chi connectivity index (χ1) is 6.58. The normalized spacial score (nSPS) is 15.5. The zero-order valence-electron chi connectivity index (χ0n) is 9.20. The van der Waals surface area contributed by atoms with Crippen LogP contribution in [-0.4, -0.2) is 30.6 Å². The van der Waals surface area contributed by atoms with Crippen molar-refractivity contribution in [2.75, 3.05) is 20.6 Å². The largest absolute Gasteiger partial charge is 0.384 e. The zero-order valence-corrected chi connectivity index (χ0v) is 9.20. The van der Waals surface area contributed by atoms with Crippen LogP contribution in [0.25, 0.3) is 0 Å². The number of aliphatic hydroxyl groups is 1. The van der Waals surface area contributed by atoms with Gasteiger partial charge < -0.3 is 10.0 Å². The molecular formula is C12H19NO. The molecular weight excluding hydrogens is 174 g/mol. The zero-order chi connectivity index (χ0) is 10.6. The predicted molar refractivity (Wildman–Crippen MR) is 59.2 cm³/mol. The molecule has 0 spiro atoms. The Morgan fingerprint density at radius 1 is 1.21 bits per heavy atom. The third kappa shape index (κ3) is 2.56. The van der Waals surface area contributed by atoms with Crippen molar-refractivity contribution >= 4 is 0 Å². The van der Waals surface area contributed by atoms with E-state index < -0.39 is 5.60 Å². The molecule has 78 valence electrons. The second-order valence-corrected chi connectivity index (χ2v) is 3.99. The maximum atomic E-state index is 10.4. The molecule has 1 atom stereocenters. The van der Waals surface area contributed by atoms with Gasteiger partial charge in [0.2, 0.25) is 0 Å². The van der Waals surface area contributed by atoms with Gasteiger partial charge in [-0.05, 0) is 26.1 Å². The highest BCUT2D eigenvalue weighted by molar-refractivity contribution is 5.22. The number of likely N-dealkylation sites (N-methyl/N-ethyl adjacent to an activating group) is 1. The van der Waals surface area contributed by atoms with Crippen LogP contribution in [0.5, 0.6) is 0 Å². The van der Waals surface area contributed by atoms with E-state index in [0.29, 0.717) is 6.54 Å². The molecule has 2 heteroatoms. The summed E-state index contributed by atoms with van der Waals surface area (Å²) in [7, 11) is 3.95. The van der Waals surface area contributed by atoms with Gasteiger partial charge in [-0.25, -0.2) is 0 Å². The topological polar surface area (TPSA) is 23.5 Å². The minimum Gasteiger partial charge on any atom is -0.384 e. The molecule has 0 heterocycles. The van der Waals surface area contributed by atoms with Crippen molar-refractivity contribution in [2.45, 2.75) is 18.9 Å². The van der Waals surface area contributed by atoms with Gasteiger partial charge in [-0.15, -0.1) is 0 Å². The van der Waals surface area contributed by atoms with E-state index in [1.165, 1.54) is 0 Å². The first-order valence-corrected chi connectivity index (χ1v) is 5.01. The maximum absolute atomic E-state index is 10.4. The van der Waals surface area contributed by atoms with E-state index in [0.717, 1.165) is 12.0 Å². The average molecular weight is 193 g/mol. The molecule has 0 fully saturated rings. The highest BCUT2D eigenvalue weighted by atomic mass is 16.3. The van der Waals surface area contributed by atoms with Crippen LogP contribution < -0.4 is 0 Å². The van der Waals surface area contributed by atoms with Gasteiger partial charge in [0.15, 0.2) is 0 Å². The lowest BCUT2D eigenvalue weighted by molar-refractivity contribution is 0.00779. The Labute approximate surface area is 86.2 Å². The number of hydrogen-bond donors (Lipinski definition) is 1. The van der Waals surface area contributed by atoms with Gasteiger partial charge in [0.1, 0.15) is 5.60 Å². The Balaban J connectivity index is 2.90. The molecule has 0 aliphatic heterocycles. The fraction of sp³-hybridized carbons (Fsp3) is 0.500. The van der Waals surface area contributed by atoms with Gasteiger partial charge >= 0.3 is 0 Å². The number of rotatable bonds is 4. The summed E-state index contributed by atoms with van der Waals surface area (Å²) >= 11 is 0. The summed E-state index contributed by atoms with van der Waals surface area (Å²) < 4.78 is 0. The molecule has 0 amide bonds. The van der Waals surface area contributed by atoms with Crippen LogP contribution in [0.15, 0.2) is 30.3 Å². The molecule has 0 aliphatic rings. The molecule has 0 saturated carbocycles. The smallest absolute Gasteiger partial charge is 0.102 e. The minimum atomic E-state index is -0.717. The lowest BCUT2D eigenvalue weighted by Gasteiger charge is -2.30. The number of nitrogens with zero attached hydrogens (tertiary/aromatic N) is 1. The van der Waals surface area contributed by atoms with Crippen molar-refractivity contribution < 1.29 is 5.11 Å². The van der Waals surface area contributed by atoms with E-state index in [1.54, 1.807) is 0 Å². The molecule has 2 nitrogen and oxygen atoms in total. The number of hydrogen-bond acceptors (Lipinski definition) is 2. The van der Waals surface area contributed by atoms with Gasteiger partial charge in [0.25, 0.3) is 0 Å². The average Bonchev–Trinajstić information content (AvgIpc) is 2.18. The number of benzene rings is 1. The molecule has 1 aromatic carbocycles. The van der Waals surface area contributed by atoms with Gasteiger partial charge in [-0.2, -0.15) is 0 Å². The quantitative estimate of drug-likeness (QED) is 0.788. The van der Waals surface area contributed by atoms with Crippen LogP contribution in [0, 0.1) is 0 Å². The van der Waals surface area contributed by atoms with Crippen LogP contribution in [-0.2, 0) is 5.60 Å². The molecule has 0 aliphatic carbocycles. The van der Waals surface area contributed by atoms with Crippen LogP contribution in [0.2, 0.25) is 0 Å². The van der Waals surface area contributed by atoms with Gasteiger partial charge in [0, 0.05) is 6.54 Å². The van der Waals surface area contributed by atoms with E-state index in [9.17, 15) is 5.11 Å². The fourth-order valence-corrected chi connectivity index (χ4v) is 1.68. The first kappa shape index (κ1) is 11.2. The highest BCUT2D eigenvalue weighted by Crippen LogP contribution is 2.24. The van der Waals surface area contributed by atoms with Crippen LogP contribution in [0.3, 0.4) is 0 Å². The molecule has 1 rings (SSSR count). The summed E-state index contributed by atoms with van der Waals surface area (Å²) in [6.07, 6.45) is 0.731. The Hall–Kier alpha value is -0.860. The Kier molecular flexibility index (Phi) is 3.67. The molecule has 0 radical (unpaired) electrons. The summed E-state index contributed by atoms with van der Waals surface area (Å²) in [5.41, 5.74) is 0.279. The van der Waals surface area contributed by atoms with Crippen LogP contribution in [0.4, 0.5) is 0 Å². The summed E-state index contributed by atoms with van der Waals surface area (Å²) in [6, 6.07) is 9.85. The monoisotopic (exact) mass is 193 g/mol. The molecule has 0 bridgehead atoms. The van der Waals surface area contributed by atoms with Crippen molar-refractivity contribution in [3.63, 3.8) is 0 Å². The lowest BCUT2D eigenvalue weighted by atomic mass is 9.91. The second-order valence-electron chi connectivity index (χ2n) is 3.99. The first-order valence-electron chi connectivity index (χ1n) is 5.01. The Morgan fingerprint density at radius 2 is 1.79 bits per heavy atom. The molecule has 0 saturated heterocycles. The van der Waals surface area contributed by atoms with Crippen molar-refractivity contribution in [2.24, 2.45) is 0 Å². The summed E-state index contributed by atoms with van der Waals surface area (Å²) in [5.74, 6) is 0. The highest BCUT2D eigenvalue weighted by Gasteiger charge is 2.27. The minimum absolute atomic E-state index is 0.660. The van der Waals surface area contributed by atoms with E-state index in [4.69, 9.17) is 0 Å². The second kappa shape index (κ2) is 4.58. The standard InChI is InChI=1S/C12H19NO/c1-4-12(14,10-13(2)3)11-8-6-5-7-9-11/h5-9,14H,4,10H2,1-3H3/t12-/m0/s1. The van der Waals surface area contributed by atoms with Crippen molar-refractivity contribution in [3.05, 3.63) is 35.9 Å².